The summed E-state index contributed by atoms with van der Waals surface area (Å²) in [6, 6.07) is 20.0. The van der Waals surface area contributed by atoms with E-state index in [0.29, 0.717) is 31.3 Å². The van der Waals surface area contributed by atoms with Gasteiger partial charge in [0, 0.05) is 37.2 Å². The molecule has 6 rings (SSSR count). The van der Waals surface area contributed by atoms with Crippen LogP contribution in [0.4, 0.5) is 0 Å². The lowest BCUT2D eigenvalue weighted by Gasteiger charge is -2.36. The number of H-pyrrole nitrogens is 1. The summed E-state index contributed by atoms with van der Waals surface area (Å²) < 4.78 is 7.48. The molecule has 37 heavy (non-hydrogen) atoms. The molecule has 4 aromatic rings. The van der Waals surface area contributed by atoms with E-state index < -0.39 is 0 Å². The number of amides is 1. The van der Waals surface area contributed by atoms with Gasteiger partial charge in [-0.1, -0.05) is 47.6 Å². The highest BCUT2D eigenvalue weighted by atomic mass is 16.5. The molecule has 4 heterocycles. The zero-order valence-corrected chi connectivity index (χ0v) is 20.9. The molecular weight excluding hydrogens is 466 g/mol. The number of nitrogens with one attached hydrogen (secondary N) is 2. The second-order valence-corrected chi connectivity index (χ2v) is 10.4. The number of benzene rings is 2. The molecule has 2 fully saturated rings. The zero-order chi connectivity index (χ0) is 25.2. The van der Waals surface area contributed by atoms with Gasteiger partial charge in [-0.2, -0.15) is 0 Å². The molecular formula is C29H33N5O3. The maximum atomic E-state index is 13.3. The van der Waals surface area contributed by atoms with E-state index in [1.54, 1.807) is 0 Å². The SMILES string of the molecule is O=C(CC1CCNCC1Cc1cc(-c2ccccc2)on1)N1CCC(n2c(=O)[nH]c3ccccc32)CC1. The number of piperidine rings is 2. The van der Waals surface area contributed by atoms with Crippen LogP contribution in [0.25, 0.3) is 22.4 Å². The van der Waals surface area contributed by atoms with Crippen molar-refractivity contribution >= 4 is 16.9 Å². The lowest BCUT2D eigenvalue weighted by Crippen LogP contribution is -2.44. The van der Waals surface area contributed by atoms with Crippen LogP contribution in [0.2, 0.25) is 0 Å². The number of rotatable bonds is 6. The number of nitrogens with zero attached hydrogens (tertiary/aromatic N) is 3. The molecule has 0 aliphatic carbocycles. The molecule has 1 amide bonds. The van der Waals surface area contributed by atoms with Crippen LogP contribution in [0, 0.1) is 11.8 Å². The van der Waals surface area contributed by atoms with Gasteiger partial charge in [0.1, 0.15) is 0 Å². The molecule has 2 aliphatic rings. The Bertz CT molecular complexity index is 1410. The van der Waals surface area contributed by atoms with Crippen LogP contribution in [0.1, 0.15) is 37.4 Å². The van der Waals surface area contributed by atoms with E-state index in [-0.39, 0.29) is 17.6 Å². The van der Waals surface area contributed by atoms with Gasteiger partial charge in [0.2, 0.25) is 5.91 Å². The first-order chi connectivity index (χ1) is 18.2. The summed E-state index contributed by atoms with van der Waals surface area (Å²) in [4.78, 5) is 30.9. The highest BCUT2D eigenvalue weighted by Gasteiger charge is 2.32. The summed E-state index contributed by atoms with van der Waals surface area (Å²) >= 11 is 0. The van der Waals surface area contributed by atoms with Crippen molar-refractivity contribution in [1.29, 1.82) is 0 Å². The first kappa shape index (κ1) is 23.7. The molecule has 2 aromatic carbocycles. The molecule has 2 atom stereocenters. The van der Waals surface area contributed by atoms with E-state index in [9.17, 15) is 9.59 Å². The van der Waals surface area contributed by atoms with Crippen molar-refractivity contribution in [2.45, 2.75) is 38.1 Å². The van der Waals surface area contributed by atoms with E-state index in [4.69, 9.17) is 4.52 Å². The monoisotopic (exact) mass is 499 g/mol. The maximum absolute atomic E-state index is 13.3. The van der Waals surface area contributed by atoms with Gasteiger partial charge in [-0.3, -0.25) is 9.36 Å². The van der Waals surface area contributed by atoms with E-state index >= 15 is 0 Å². The normalized spacial score (nSPS) is 20.9. The Balaban J connectivity index is 1.07. The first-order valence-corrected chi connectivity index (χ1v) is 13.3. The minimum atomic E-state index is -0.0631. The van der Waals surface area contributed by atoms with E-state index in [1.807, 2.05) is 70.1 Å². The largest absolute Gasteiger partial charge is 0.356 e. The topological polar surface area (TPSA) is 96.2 Å². The van der Waals surface area contributed by atoms with Crippen molar-refractivity contribution in [1.82, 2.24) is 24.9 Å². The van der Waals surface area contributed by atoms with Crippen LogP contribution in [0.15, 0.2) is 70.0 Å². The maximum Gasteiger partial charge on any atom is 0.326 e. The minimum absolute atomic E-state index is 0.0631. The Morgan fingerprint density at radius 3 is 2.62 bits per heavy atom. The summed E-state index contributed by atoms with van der Waals surface area (Å²) in [5.74, 6) is 1.67. The van der Waals surface area contributed by atoms with Gasteiger partial charge in [0.05, 0.1) is 16.7 Å². The highest BCUT2D eigenvalue weighted by Crippen LogP contribution is 2.30. The summed E-state index contributed by atoms with van der Waals surface area (Å²) in [7, 11) is 0. The lowest BCUT2D eigenvalue weighted by atomic mass is 9.80. The summed E-state index contributed by atoms with van der Waals surface area (Å²) in [5, 5.41) is 7.82. The second kappa shape index (κ2) is 10.4. The third-order valence-electron chi connectivity index (χ3n) is 8.10. The number of hydrogen-bond donors (Lipinski definition) is 2. The van der Waals surface area contributed by atoms with Crippen LogP contribution in [-0.2, 0) is 11.2 Å². The smallest absolute Gasteiger partial charge is 0.326 e. The fraction of sp³-hybridized carbons (Fsp3) is 0.414. The van der Waals surface area contributed by atoms with Crippen molar-refractivity contribution in [3.05, 3.63) is 76.8 Å². The van der Waals surface area contributed by atoms with Crippen molar-refractivity contribution in [3.8, 4) is 11.3 Å². The van der Waals surface area contributed by atoms with Crippen LogP contribution >= 0.6 is 0 Å². The van der Waals surface area contributed by atoms with Gasteiger partial charge in [0.25, 0.3) is 0 Å². The first-order valence-electron chi connectivity index (χ1n) is 13.3. The molecule has 2 N–H and O–H groups in total. The van der Waals surface area contributed by atoms with Gasteiger partial charge in [-0.15, -0.1) is 0 Å². The van der Waals surface area contributed by atoms with Crippen molar-refractivity contribution < 1.29 is 9.32 Å². The molecule has 8 heteroatoms. The number of hydrogen-bond acceptors (Lipinski definition) is 5. The Kier molecular flexibility index (Phi) is 6.66. The predicted molar refractivity (Wildman–Crippen MR) is 142 cm³/mol. The Labute approximate surface area is 215 Å². The van der Waals surface area contributed by atoms with Crippen molar-refractivity contribution in [2.75, 3.05) is 26.2 Å². The third-order valence-corrected chi connectivity index (χ3v) is 8.10. The van der Waals surface area contributed by atoms with Crippen LogP contribution in [-0.4, -0.2) is 51.7 Å². The Morgan fingerprint density at radius 1 is 1.00 bits per heavy atom. The second-order valence-electron chi connectivity index (χ2n) is 10.4. The quantitative estimate of drug-likeness (QED) is 0.418. The van der Waals surface area contributed by atoms with Crippen LogP contribution in [0.3, 0.4) is 0 Å². The van der Waals surface area contributed by atoms with Gasteiger partial charge in [-0.05, 0) is 62.7 Å². The molecule has 0 bridgehead atoms. The minimum Gasteiger partial charge on any atom is -0.356 e. The summed E-state index contributed by atoms with van der Waals surface area (Å²) in [6.07, 6.45) is 3.94. The van der Waals surface area contributed by atoms with Gasteiger partial charge in [-0.25, -0.2) is 4.79 Å². The van der Waals surface area contributed by atoms with Gasteiger partial charge < -0.3 is 19.7 Å². The standard InChI is InChI=1S/C29H33N5O3/c35-28(33-14-11-24(12-15-33)34-26-9-5-4-8-25(26)31-29(34)36)17-21-10-13-30-19-22(21)16-23-18-27(37-32-23)20-6-2-1-3-7-20/h1-9,18,21-22,24,30H,10-17,19H2,(H,31,36). The van der Waals surface area contributed by atoms with Crippen molar-refractivity contribution in [3.63, 3.8) is 0 Å². The lowest BCUT2D eigenvalue weighted by molar-refractivity contribution is -0.134. The molecule has 2 saturated heterocycles. The molecule has 2 unspecified atom stereocenters. The Morgan fingerprint density at radius 2 is 1.78 bits per heavy atom. The summed E-state index contributed by atoms with van der Waals surface area (Å²) in [6.45, 7) is 3.20. The fourth-order valence-electron chi connectivity index (χ4n) is 6.06. The van der Waals surface area contributed by atoms with Crippen LogP contribution in [0.5, 0.6) is 0 Å². The van der Waals surface area contributed by atoms with Crippen molar-refractivity contribution in [2.24, 2.45) is 11.8 Å². The number of carbonyl (C=O) groups excluding carboxylic acids is 1. The molecule has 0 saturated carbocycles. The van der Waals surface area contributed by atoms with Gasteiger partial charge in [0.15, 0.2) is 5.76 Å². The summed E-state index contributed by atoms with van der Waals surface area (Å²) in [5.41, 5.74) is 3.71. The third kappa shape index (κ3) is 4.98. The van der Waals surface area contributed by atoms with E-state index in [0.717, 1.165) is 66.8 Å². The van der Waals surface area contributed by atoms with Crippen LogP contribution < -0.4 is 11.0 Å². The number of likely N-dealkylation sites (tertiary alicyclic amines) is 1. The zero-order valence-electron chi connectivity index (χ0n) is 20.9. The number of aromatic nitrogens is 3. The molecule has 8 nitrogen and oxygen atoms in total. The van der Waals surface area contributed by atoms with E-state index in [1.165, 1.54) is 0 Å². The molecule has 2 aromatic heterocycles. The average molecular weight is 500 g/mol. The Hall–Kier alpha value is -3.65. The molecule has 192 valence electrons. The molecule has 2 aliphatic heterocycles. The number of fused-ring (bicyclic) bond motifs is 1. The van der Waals surface area contributed by atoms with Gasteiger partial charge >= 0.3 is 5.69 Å². The highest BCUT2D eigenvalue weighted by molar-refractivity contribution is 5.77. The predicted octanol–water partition coefficient (Wildman–Crippen LogP) is 4.01. The van der Waals surface area contributed by atoms with E-state index in [2.05, 4.69) is 15.5 Å². The fourth-order valence-corrected chi connectivity index (χ4v) is 6.06. The molecule has 0 spiro atoms. The number of aromatic amines is 1. The average Bonchev–Trinajstić information content (AvgIpc) is 3.54. The number of imidazole rings is 1. The number of para-hydroxylation sites is 2. The molecule has 0 radical (unpaired) electrons. The number of carbonyl (C=O) groups is 1.